The first-order chi connectivity index (χ1) is 10.6. The lowest BCUT2D eigenvalue weighted by molar-refractivity contribution is -0.134. The van der Waals surface area contributed by atoms with E-state index in [4.69, 9.17) is 4.84 Å². The Labute approximate surface area is 129 Å². The van der Waals surface area contributed by atoms with E-state index in [0.29, 0.717) is 12.1 Å². The summed E-state index contributed by atoms with van der Waals surface area (Å²) in [7, 11) is 1.50. The van der Waals surface area contributed by atoms with E-state index in [-0.39, 0.29) is 24.2 Å². The number of carbonyl (C=O) groups excluding carboxylic acids is 1. The highest BCUT2D eigenvalue weighted by atomic mass is 16.7. The molecule has 0 saturated carbocycles. The highest BCUT2D eigenvalue weighted by Gasteiger charge is 2.38. The van der Waals surface area contributed by atoms with Crippen LogP contribution in [0.4, 0.5) is 0 Å². The normalized spacial score (nSPS) is 19.0. The van der Waals surface area contributed by atoms with Crippen LogP contribution < -0.4 is 5.32 Å². The van der Waals surface area contributed by atoms with Crippen LogP contribution in [0.2, 0.25) is 0 Å². The number of hydroxylamine groups is 2. The number of carboxylic acids is 1. The molecule has 0 aliphatic carbocycles. The fraction of sp³-hybridized carbons (Fsp3) is 0.375. The van der Waals surface area contributed by atoms with Gasteiger partial charge in [-0.05, 0) is 12.0 Å². The molecule has 1 aliphatic rings. The summed E-state index contributed by atoms with van der Waals surface area (Å²) in [6, 6.07) is 9.80. The van der Waals surface area contributed by atoms with Gasteiger partial charge in [0.25, 0.3) is 0 Å². The van der Waals surface area contributed by atoms with E-state index in [0.717, 1.165) is 11.8 Å². The fourth-order valence-electron chi connectivity index (χ4n) is 2.67. The Morgan fingerprint density at radius 2 is 2.14 bits per heavy atom. The van der Waals surface area contributed by atoms with Crippen LogP contribution in [0.1, 0.15) is 31.2 Å². The summed E-state index contributed by atoms with van der Waals surface area (Å²) in [5, 5.41) is 13.9. The van der Waals surface area contributed by atoms with E-state index < -0.39 is 5.97 Å². The molecule has 1 heterocycles. The molecule has 1 unspecified atom stereocenters. The predicted molar refractivity (Wildman–Crippen MR) is 80.6 cm³/mol. The number of carbonyl (C=O) groups is 2. The van der Waals surface area contributed by atoms with Crippen molar-refractivity contribution < 1.29 is 19.5 Å². The maximum Gasteiger partial charge on any atom is 0.353 e. The van der Waals surface area contributed by atoms with Gasteiger partial charge in [0.15, 0.2) is 0 Å². The van der Waals surface area contributed by atoms with Crippen molar-refractivity contribution in [2.24, 2.45) is 0 Å². The molecule has 6 nitrogen and oxygen atoms in total. The third kappa shape index (κ3) is 3.12. The number of nitrogens with one attached hydrogen (secondary N) is 1. The van der Waals surface area contributed by atoms with Crippen LogP contribution in [-0.2, 0) is 14.4 Å². The summed E-state index contributed by atoms with van der Waals surface area (Å²) in [6.07, 6.45) is 1.01. The molecule has 2 N–H and O–H groups in total. The van der Waals surface area contributed by atoms with Crippen molar-refractivity contribution in [1.29, 1.82) is 0 Å². The molecule has 2 rings (SSSR count). The van der Waals surface area contributed by atoms with Crippen LogP contribution in [0.3, 0.4) is 0 Å². The van der Waals surface area contributed by atoms with Crippen LogP contribution in [0.5, 0.6) is 0 Å². The minimum absolute atomic E-state index is 0.00392. The Hall–Kier alpha value is -2.34. The zero-order valence-corrected chi connectivity index (χ0v) is 12.7. The number of rotatable bonds is 7. The quantitative estimate of drug-likeness (QED) is 0.749. The largest absolute Gasteiger partial charge is 0.477 e. The molecule has 0 amide bonds. The standard InChI is InChI=1S/C16H20N2O4/c1-11(12-7-4-3-5-8-12)15-17-14(16(20)21)13(9-6-10-19)18(15)22-2/h3-5,7-8,10-11,15,17H,6,9H2,1-2H3,(H,20,21)/t11?,15-/m1/s1. The molecule has 1 aliphatic heterocycles. The SMILES string of the molecule is CON1C(CCC=O)=C(C(=O)O)N[C@H]1C(C)c1ccccc1. The van der Waals surface area contributed by atoms with Crippen LogP contribution in [-0.4, -0.2) is 35.7 Å². The lowest BCUT2D eigenvalue weighted by Gasteiger charge is -2.31. The molecule has 118 valence electrons. The number of carboxylic acid groups (broad SMARTS) is 1. The first-order valence-corrected chi connectivity index (χ1v) is 7.15. The summed E-state index contributed by atoms with van der Waals surface area (Å²) in [5.41, 5.74) is 1.66. The van der Waals surface area contributed by atoms with Crippen molar-refractivity contribution in [2.45, 2.75) is 31.8 Å². The van der Waals surface area contributed by atoms with E-state index in [1.807, 2.05) is 37.3 Å². The average Bonchev–Trinajstić information content (AvgIpc) is 2.91. The smallest absolute Gasteiger partial charge is 0.353 e. The molecule has 0 fully saturated rings. The highest BCUT2D eigenvalue weighted by Crippen LogP contribution is 2.32. The van der Waals surface area contributed by atoms with Gasteiger partial charge in [-0.25, -0.2) is 9.86 Å². The molecule has 0 radical (unpaired) electrons. The van der Waals surface area contributed by atoms with Gasteiger partial charge in [0.2, 0.25) is 0 Å². The van der Waals surface area contributed by atoms with E-state index in [2.05, 4.69) is 5.32 Å². The van der Waals surface area contributed by atoms with Gasteiger partial charge in [-0.2, -0.15) is 0 Å². The molecule has 0 spiro atoms. The van der Waals surface area contributed by atoms with Crippen molar-refractivity contribution in [3.63, 3.8) is 0 Å². The minimum atomic E-state index is -1.05. The van der Waals surface area contributed by atoms with Gasteiger partial charge in [0.1, 0.15) is 18.1 Å². The van der Waals surface area contributed by atoms with E-state index in [9.17, 15) is 14.7 Å². The van der Waals surface area contributed by atoms with Gasteiger partial charge in [-0.15, -0.1) is 0 Å². The monoisotopic (exact) mass is 304 g/mol. The second kappa shape index (κ2) is 7.09. The molecule has 1 aromatic carbocycles. The predicted octanol–water partition coefficient (Wildman–Crippen LogP) is 1.86. The lowest BCUT2D eigenvalue weighted by Crippen LogP contribution is -2.41. The van der Waals surface area contributed by atoms with Gasteiger partial charge in [-0.1, -0.05) is 37.3 Å². The molecule has 0 saturated heterocycles. The molecule has 22 heavy (non-hydrogen) atoms. The summed E-state index contributed by atoms with van der Waals surface area (Å²) in [5.74, 6) is -1.05. The van der Waals surface area contributed by atoms with Crippen molar-refractivity contribution >= 4 is 12.3 Å². The second-order valence-corrected chi connectivity index (χ2v) is 5.13. The third-order valence-corrected chi connectivity index (χ3v) is 3.81. The van der Waals surface area contributed by atoms with Crippen molar-refractivity contribution in [1.82, 2.24) is 10.4 Å². The van der Waals surface area contributed by atoms with Crippen LogP contribution >= 0.6 is 0 Å². The molecule has 0 bridgehead atoms. The van der Waals surface area contributed by atoms with Gasteiger partial charge >= 0.3 is 5.97 Å². The number of hydrogen-bond acceptors (Lipinski definition) is 5. The van der Waals surface area contributed by atoms with E-state index in [1.54, 1.807) is 5.06 Å². The molecule has 6 heteroatoms. The second-order valence-electron chi connectivity index (χ2n) is 5.13. The molecule has 0 aromatic heterocycles. The summed E-state index contributed by atoms with van der Waals surface area (Å²) < 4.78 is 0. The highest BCUT2D eigenvalue weighted by molar-refractivity contribution is 5.87. The Balaban J connectivity index is 2.28. The molecular formula is C16H20N2O4. The lowest BCUT2D eigenvalue weighted by atomic mass is 9.98. The van der Waals surface area contributed by atoms with Crippen molar-refractivity contribution in [2.75, 3.05) is 7.11 Å². The number of allylic oxidation sites excluding steroid dienone is 1. The number of aliphatic carboxylic acids is 1. The minimum Gasteiger partial charge on any atom is -0.477 e. The first-order valence-electron chi connectivity index (χ1n) is 7.15. The number of nitrogens with zero attached hydrogens (tertiary/aromatic N) is 1. The van der Waals surface area contributed by atoms with Crippen molar-refractivity contribution in [3.8, 4) is 0 Å². The molecule has 2 atom stereocenters. The van der Waals surface area contributed by atoms with Crippen LogP contribution in [0, 0.1) is 0 Å². The third-order valence-electron chi connectivity index (χ3n) is 3.81. The number of hydrogen-bond donors (Lipinski definition) is 2. The Kier molecular flexibility index (Phi) is 5.16. The Morgan fingerprint density at radius 3 is 2.68 bits per heavy atom. The summed E-state index contributed by atoms with van der Waals surface area (Å²) in [6.45, 7) is 2.00. The maximum absolute atomic E-state index is 11.5. The first kappa shape index (κ1) is 16.0. The zero-order valence-electron chi connectivity index (χ0n) is 12.7. The maximum atomic E-state index is 11.5. The van der Waals surface area contributed by atoms with Crippen molar-refractivity contribution in [3.05, 3.63) is 47.3 Å². The van der Waals surface area contributed by atoms with E-state index >= 15 is 0 Å². The van der Waals surface area contributed by atoms with Gasteiger partial charge in [0.05, 0.1) is 12.8 Å². The van der Waals surface area contributed by atoms with Gasteiger partial charge in [-0.3, -0.25) is 4.84 Å². The fourth-order valence-corrected chi connectivity index (χ4v) is 2.67. The zero-order chi connectivity index (χ0) is 16.1. The Bertz CT molecular complexity index is 571. The number of aldehydes is 1. The number of benzene rings is 1. The topological polar surface area (TPSA) is 78.9 Å². The molecule has 1 aromatic rings. The van der Waals surface area contributed by atoms with E-state index in [1.165, 1.54) is 7.11 Å². The van der Waals surface area contributed by atoms with Gasteiger partial charge in [0, 0.05) is 12.3 Å². The van der Waals surface area contributed by atoms with Gasteiger partial charge < -0.3 is 15.2 Å². The van der Waals surface area contributed by atoms with Crippen LogP contribution in [0.15, 0.2) is 41.7 Å². The summed E-state index contributed by atoms with van der Waals surface area (Å²) >= 11 is 0. The molecular weight excluding hydrogens is 284 g/mol. The average molecular weight is 304 g/mol. The summed E-state index contributed by atoms with van der Waals surface area (Å²) in [4.78, 5) is 27.5. The van der Waals surface area contributed by atoms with Crippen LogP contribution in [0.25, 0.3) is 0 Å². The Morgan fingerprint density at radius 1 is 1.45 bits per heavy atom.